The number of benzene rings is 1. The highest BCUT2D eigenvalue weighted by Gasteiger charge is 2.09. The third-order valence-corrected chi connectivity index (χ3v) is 1.97. The number of allylic oxidation sites excluding steroid dienone is 1. The van der Waals surface area contributed by atoms with E-state index in [0.717, 1.165) is 6.42 Å². The number of hydrogen-bond donors (Lipinski definition) is 1. The molecule has 0 saturated carbocycles. The summed E-state index contributed by atoms with van der Waals surface area (Å²) in [5.74, 6) is 0.968. The summed E-state index contributed by atoms with van der Waals surface area (Å²) in [5.41, 5.74) is 0. The molecule has 0 aliphatic rings. The fourth-order valence-electron chi connectivity index (χ4n) is 1.26. The second kappa shape index (κ2) is 7.37. The zero-order valence-electron chi connectivity index (χ0n) is 11.0. The van der Waals surface area contributed by atoms with Crippen LogP contribution in [-0.4, -0.2) is 12.2 Å². The van der Waals surface area contributed by atoms with E-state index in [4.69, 9.17) is 9.47 Å². The maximum atomic E-state index is 11.5. The molecule has 0 atom stereocenters. The maximum absolute atomic E-state index is 11.5. The molecule has 0 radical (unpaired) electrons. The first-order chi connectivity index (χ1) is 8.63. The highest BCUT2D eigenvalue weighted by Crippen LogP contribution is 2.27. The molecular formula is C14H19NO3. The van der Waals surface area contributed by atoms with Gasteiger partial charge in [-0.25, -0.2) is 4.79 Å². The van der Waals surface area contributed by atoms with E-state index in [-0.39, 0.29) is 6.10 Å². The Labute approximate surface area is 108 Å². The lowest BCUT2D eigenvalue weighted by Gasteiger charge is -2.13. The summed E-state index contributed by atoms with van der Waals surface area (Å²) in [6.45, 7) is 5.82. The van der Waals surface area contributed by atoms with Crippen LogP contribution in [0.15, 0.2) is 36.5 Å². The first-order valence-corrected chi connectivity index (χ1v) is 6.02. The standard InChI is InChI=1S/C14H19NO3/c1-4-5-10-15-14(16)18-13-9-7-6-8-12(13)17-11(2)3/h5-11H,4H2,1-3H3,(H,15,16). The van der Waals surface area contributed by atoms with Crippen molar-refractivity contribution in [2.75, 3.05) is 0 Å². The molecule has 1 aromatic rings. The van der Waals surface area contributed by atoms with Crippen molar-refractivity contribution < 1.29 is 14.3 Å². The fraction of sp³-hybridized carbons (Fsp3) is 0.357. The Morgan fingerprint density at radius 2 is 2.00 bits per heavy atom. The van der Waals surface area contributed by atoms with Crippen LogP contribution in [0.2, 0.25) is 0 Å². The molecule has 0 aliphatic heterocycles. The maximum Gasteiger partial charge on any atom is 0.416 e. The lowest BCUT2D eigenvalue weighted by Crippen LogP contribution is -2.22. The largest absolute Gasteiger partial charge is 0.487 e. The van der Waals surface area contributed by atoms with Gasteiger partial charge in [-0.05, 0) is 32.4 Å². The normalized spacial score (nSPS) is 10.7. The smallest absolute Gasteiger partial charge is 0.416 e. The summed E-state index contributed by atoms with van der Waals surface area (Å²) >= 11 is 0. The van der Waals surface area contributed by atoms with Crippen molar-refractivity contribution in [1.82, 2.24) is 5.32 Å². The molecule has 0 aliphatic carbocycles. The second-order valence-corrected chi connectivity index (χ2v) is 3.96. The number of nitrogens with one attached hydrogen (secondary N) is 1. The average molecular weight is 249 g/mol. The molecule has 0 aromatic heterocycles. The van der Waals surface area contributed by atoms with Crippen molar-refractivity contribution in [3.05, 3.63) is 36.5 Å². The molecule has 0 saturated heterocycles. The third-order valence-electron chi connectivity index (χ3n) is 1.97. The quantitative estimate of drug-likeness (QED) is 0.869. The highest BCUT2D eigenvalue weighted by atomic mass is 16.6. The molecule has 4 heteroatoms. The van der Waals surface area contributed by atoms with Gasteiger partial charge in [0.15, 0.2) is 11.5 Å². The molecule has 0 heterocycles. The molecule has 18 heavy (non-hydrogen) atoms. The molecule has 0 bridgehead atoms. The van der Waals surface area contributed by atoms with Crippen LogP contribution in [0.4, 0.5) is 4.79 Å². The molecule has 4 nitrogen and oxygen atoms in total. The Balaban J connectivity index is 2.65. The molecule has 1 aromatic carbocycles. The van der Waals surface area contributed by atoms with Gasteiger partial charge in [0, 0.05) is 6.20 Å². The van der Waals surface area contributed by atoms with E-state index >= 15 is 0 Å². The van der Waals surface area contributed by atoms with Crippen LogP contribution in [0.5, 0.6) is 11.5 Å². The fourth-order valence-corrected chi connectivity index (χ4v) is 1.26. The van der Waals surface area contributed by atoms with Crippen LogP contribution in [0.3, 0.4) is 0 Å². The number of rotatable bonds is 5. The van der Waals surface area contributed by atoms with Crippen molar-refractivity contribution in [2.45, 2.75) is 33.3 Å². The lowest BCUT2D eigenvalue weighted by atomic mass is 10.3. The number of para-hydroxylation sites is 2. The van der Waals surface area contributed by atoms with Crippen LogP contribution in [0, 0.1) is 0 Å². The van der Waals surface area contributed by atoms with Crippen molar-refractivity contribution in [2.24, 2.45) is 0 Å². The summed E-state index contributed by atoms with van der Waals surface area (Å²) in [7, 11) is 0. The summed E-state index contributed by atoms with van der Waals surface area (Å²) in [4.78, 5) is 11.5. The van der Waals surface area contributed by atoms with Gasteiger partial charge in [-0.1, -0.05) is 25.1 Å². The Hall–Kier alpha value is -1.97. The molecule has 0 fully saturated rings. The summed E-state index contributed by atoms with van der Waals surface area (Å²) in [6, 6.07) is 7.09. The number of hydrogen-bond acceptors (Lipinski definition) is 3. The van der Waals surface area contributed by atoms with Gasteiger partial charge in [0.1, 0.15) is 0 Å². The summed E-state index contributed by atoms with van der Waals surface area (Å²) in [6.07, 6.45) is 3.75. The van der Waals surface area contributed by atoms with Gasteiger partial charge in [0.05, 0.1) is 6.10 Å². The van der Waals surface area contributed by atoms with Crippen molar-refractivity contribution in [3.63, 3.8) is 0 Å². The predicted molar refractivity (Wildman–Crippen MR) is 70.8 cm³/mol. The van der Waals surface area contributed by atoms with Gasteiger partial charge in [-0.2, -0.15) is 0 Å². The first-order valence-electron chi connectivity index (χ1n) is 6.02. The molecular weight excluding hydrogens is 230 g/mol. The van der Waals surface area contributed by atoms with Gasteiger partial charge in [0.2, 0.25) is 0 Å². The predicted octanol–water partition coefficient (Wildman–Crippen LogP) is 3.49. The van der Waals surface area contributed by atoms with E-state index in [0.29, 0.717) is 11.5 Å². The van der Waals surface area contributed by atoms with E-state index < -0.39 is 6.09 Å². The van der Waals surface area contributed by atoms with Crippen LogP contribution >= 0.6 is 0 Å². The van der Waals surface area contributed by atoms with Crippen LogP contribution in [0.25, 0.3) is 0 Å². The molecule has 0 spiro atoms. The molecule has 98 valence electrons. The van der Waals surface area contributed by atoms with E-state index in [9.17, 15) is 4.79 Å². The minimum atomic E-state index is -0.528. The molecule has 1 amide bonds. The minimum Gasteiger partial charge on any atom is -0.487 e. The Bertz CT molecular complexity index is 413. The topological polar surface area (TPSA) is 47.6 Å². The average Bonchev–Trinajstić information content (AvgIpc) is 2.31. The molecule has 0 unspecified atom stereocenters. The zero-order chi connectivity index (χ0) is 13.4. The van der Waals surface area contributed by atoms with Crippen molar-refractivity contribution in [1.29, 1.82) is 0 Å². The van der Waals surface area contributed by atoms with Crippen molar-refractivity contribution >= 4 is 6.09 Å². The lowest BCUT2D eigenvalue weighted by molar-refractivity contribution is 0.195. The second-order valence-electron chi connectivity index (χ2n) is 3.96. The zero-order valence-corrected chi connectivity index (χ0v) is 11.0. The van der Waals surface area contributed by atoms with Gasteiger partial charge >= 0.3 is 6.09 Å². The van der Waals surface area contributed by atoms with Crippen LogP contribution in [0.1, 0.15) is 27.2 Å². The Kier molecular flexibility index (Phi) is 5.77. The van der Waals surface area contributed by atoms with Gasteiger partial charge in [-0.3, -0.25) is 5.32 Å². The first kappa shape index (κ1) is 14.1. The minimum absolute atomic E-state index is 0.0257. The monoisotopic (exact) mass is 249 g/mol. The van der Waals surface area contributed by atoms with E-state index in [1.807, 2.05) is 32.9 Å². The van der Waals surface area contributed by atoms with Crippen LogP contribution in [-0.2, 0) is 0 Å². The number of amides is 1. The van der Waals surface area contributed by atoms with Crippen molar-refractivity contribution in [3.8, 4) is 11.5 Å². The van der Waals surface area contributed by atoms with E-state index in [2.05, 4.69) is 5.32 Å². The van der Waals surface area contributed by atoms with E-state index in [1.54, 1.807) is 24.4 Å². The summed E-state index contributed by atoms with van der Waals surface area (Å²) < 4.78 is 10.7. The van der Waals surface area contributed by atoms with E-state index in [1.165, 1.54) is 0 Å². The van der Waals surface area contributed by atoms with Gasteiger partial charge in [0.25, 0.3) is 0 Å². The highest BCUT2D eigenvalue weighted by molar-refractivity contribution is 5.72. The SMILES string of the molecule is CCC=CNC(=O)Oc1ccccc1OC(C)C. The number of carbonyl (C=O) groups is 1. The molecule has 1 rings (SSSR count). The van der Waals surface area contributed by atoms with Gasteiger partial charge in [-0.15, -0.1) is 0 Å². The number of ether oxygens (including phenoxy) is 2. The van der Waals surface area contributed by atoms with Crippen LogP contribution < -0.4 is 14.8 Å². The Morgan fingerprint density at radius 3 is 2.61 bits per heavy atom. The molecule has 1 N–H and O–H groups in total. The third kappa shape index (κ3) is 4.91. The number of carbonyl (C=O) groups excluding carboxylic acids is 1. The Morgan fingerprint density at radius 1 is 1.33 bits per heavy atom. The summed E-state index contributed by atoms with van der Waals surface area (Å²) in [5, 5.41) is 2.52. The van der Waals surface area contributed by atoms with Gasteiger partial charge < -0.3 is 9.47 Å².